The number of nitrogens with zero attached hydrogens (tertiary/aromatic N) is 1. The summed E-state index contributed by atoms with van der Waals surface area (Å²) in [5.41, 5.74) is -0.667. The zero-order valence-electron chi connectivity index (χ0n) is 18.0. The molecule has 4 rings (SSSR count). The Bertz CT molecular complexity index is 803. The van der Waals surface area contributed by atoms with Crippen LogP contribution in [-0.2, 0) is 15.2 Å². The summed E-state index contributed by atoms with van der Waals surface area (Å²) in [4.78, 5) is 27.6. The van der Waals surface area contributed by atoms with Gasteiger partial charge in [0.1, 0.15) is 0 Å². The van der Waals surface area contributed by atoms with Crippen LogP contribution in [0, 0.1) is 17.3 Å². The summed E-state index contributed by atoms with van der Waals surface area (Å²) < 4.78 is 0. The van der Waals surface area contributed by atoms with Crippen molar-refractivity contribution < 1.29 is 14.7 Å². The molecule has 164 valence electrons. The lowest BCUT2D eigenvalue weighted by atomic mass is 9.66. The van der Waals surface area contributed by atoms with Gasteiger partial charge in [-0.05, 0) is 49.8 Å². The number of piperidine rings is 1. The number of hydrogen-bond donors (Lipinski definition) is 2. The lowest BCUT2D eigenvalue weighted by molar-refractivity contribution is -0.160. The van der Waals surface area contributed by atoms with E-state index in [1.807, 2.05) is 30.9 Å². The first-order valence-electron chi connectivity index (χ1n) is 11.3. The molecule has 1 aliphatic heterocycles. The van der Waals surface area contributed by atoms with E-state index < -0.39 is 11.0 Å². The van der Waals surface area contributed by atoms with Gasteiger partial charge in [-0.1, -0.05) is 50.4 Å². The quantitative estimate of drug-likeness (QED) is 0.758. The minimum atomic E-state index is -1.01. The van der Waals surface area contributed by atoms with Crippen molar-refractivity contribution in [3.8, 4) is 0 Å². The summed E-state index contributed by atoms with van der Waals surface area (Å²) in [6.07, 6.45) is 6.39. The zero-order chi connectivity index (χ0) is 21.5. The number of benzene rings is 1. The summed E-state index contributed by atoms with van der Waals surface area (Å²) in [6.45, 7) is 5.04. The van der Waals surface area contributed by atoms with Crippen LogP contribution in [0.4, 0.5) is 0 Å². The van der Waals surface area contributed by atoms with Crippen LogP contribution >= 0.6 is 11.6 Å². The van der Waals surface area contributed by atoms with Crippen LogP contribution in [0.15, 0.2) is 24.3 Å². The number of rotatable bonds is 4. The average Bonchev–Trinajstić information content (AvgIpc) is 3.22. The molecule has 0 bridgehead atoms. The van der Waals surface area contributed by atoms with Crippen LogP contribution in [0.25, 0.3) is 0 Å². The molecule has 2 saturated carbocycles. The second-order valence-corrected chi connectivity index (χ2v) is 10.5. The molecule has 3 aliphatic rings. The molecular weight excluding hydrogens is 400 g/mol. The van der Waals surface area contributed by atoms with Crippen molar-refractivity contribution in [2.75, 3.05) is 13.1 Å². The summed E-state index contributed by atoms with van der Waals surface area (Å²) in [7, 11) is 0. The third kappa shape index (κ3) is 3.87. The maximum Gasteiger partial charge on any atom is 0.227 e. The fraction of sp³-hybridized carbons (Fsp3) is 0.667. The van der Waals surface area contributed by atoms with E-state index in [4.69, 9.17) is 11.6 Å². The summed E-state index contributed by atoms with van der Waals surface area (Å²) >= 11 is 6.02. The van der Waals surface area contributed by atoms with E-state index >= 15 is 0 Å². The summed E-state index contributed by atoms with van der Waals surface area (Å²) in [5, 5.41) is 15.3. The van der Waals surface area contributed by atoms with Crippen LogP contribution in [0.3, 0.4) is 0 Å². The van der Waals surface area contributed by atoms with Crippen LogP contribution in [-0.4, -0.2) is 41.0 Å². The standard InChI is InChI=1S/C24H33ClN2O3/c1-23(2)15-27(14-13-24(23,30)17-7-9-18(25)10-8-17)22(29)19-11-12-20(19)26-21(28)16-5-3-4-6-16/h7-10,16,19-20,30H,3-6,11-15H2,1-2H3,(H,26,28)/t19?,20?,24-/m0/s1. The highest BCUT2D eigenvalue weighted by atomic mass is 35.5. The minimum absolute atomic E-state index is 0.0363. The van der Waals surface area contributed by atoms with Gasteiger partial charge in [-0.2, -0.15) is 0 Å². The van der Waals surface area contributed by atoms with E-state index in [-0.39, 0.29) is 29.7 Å². The number of amides is 2. The first kappa shape index (κ1) is 21.6. The third-order valence-electron chi connectivity index (χ3n) is 7.73. The highest BCUT2D eigenvalue weighted by molar-refractivity contribution is 6.30. The van der Waals surface area contributed by atoms with Crippen molar-refractivity contribution in [1.82, 2.24) is 10.2 Å². The molecule has 1 heterocycles. The van der Waals surface area contributed by atoms with Gasteiger partial charge < -0.3 is 15.3 Å². The molecule has 2 unspecified atom stereocenters. The Labute approximate surface area is 184 Å². The van der Waals surface area contributed by atoms with Gasteiger partial charge >= 0.3 is 0 Å². The SMILES string of the molecule is CC1(C)CN(C(=O)C2CCC2NC(=O)C2CCCC2)CC[C@]1(O)c1ccc(Cl)cc1. The molecule has 2 amide bonds. The number of carbonyl (C=O) groups is 2. The number of carbonyl (C=O) groups excluding carboxylic acids is 2. The van der Waals surface area contributed by atoms with Gasteiger partial charge in [0.25, 0.3) is 0 Å². The topological polar surface area (TPSA) is 69.6 Å². The molecule has 1 aromatic rings. The predicted octanol–water partition coefficient (Wildman–Crippen LogP) is 3.87. The second-order valence-electron chi connectivity index (χ2n) is 10.0. The third-order valence-corrected chi connectivity index (χ3v) is 7.98. The normalized spacial score (nSPS) is 31.3. The van der Waals surface area contributed by atoms with Crippen molar-refractivity contribution in [3.63, 3.8) is 0 Å². The van der Waals surface area contributed by atoms with Crippen LogP contribution in [0.1, 0.15) is 64.4 Å². The Balaban J connectivity index is 1.40. The minimum Gasteiger partial charge on any atom is -0.384 e. The van der Waals surface area contributed by atoms with Gasteiger partial charge in [0.2, 0.25) is 11.8 Å². The Kier molecular flexibility index (Phi) is 5.88. The van der Waals surface area contributed by atoms with E-state index in [2.05, 4.69) is 5.32 Å². The van der Waals surface area contributed by atoms with E-state index in [0.717, 1.165) is 44.1 Å². The molecule has 1 saturated heterocycles. The molecule has 30 heavy (non-hydrogen) atoms. The van der Waals surface area contributed by atoms with Gasteiger partial charge in [0, 0.05) is 35.5 Å². The molecular formula is C24H33ClN2O3. The Morgan fingerprint density at radius 3 is 2.33 bits per heavy atom. The molecule has 0 spiro atoms. The number of likely N-dealkylation sites (tertiary alicyclic amines) is 1. The monoisotopic (exact) mass is 432 g/mol. The molecule has 1 aromatic carbocycles. The van der Waals surface area contributed by atoms with E-state index in [0.29, 0.717) is 24.5 Å². The van der Waals surface area contributed by atoms with Gasteiger partial charge in [0.05, 0.1) is 11.5 Å². The van der Waals surface area contributed by atoms with Crippen molar-refractivity contribution in [1.29, 1.82) is 0 Å². The first-order chi connectivity index (χ1) is 14.2. The highest BCUT2D eigenvalue weighted by Gasteiger charge is 2.51. The summed E-state index contributed by atoms with van der Waals surface area (Å²) in [5.74, 6) is 0.243. The first-order valence-corrected chi connectivity index (χ1v) is 11.7. The van der Waals surface area contributed by atoms with E-state index in [1.165, 1.54) is 0 Å². The van der Waals surface area contributed by atoms with Crippen LogP contribution < -0.4 is 5.32 Å². The van der Waals surface area contributed by atoms with Gasteiger partial charge in [0.15, 0.2) is 0 Å². The molecule has 0 aromatic heterocycles. The molecule has 3 fully saturated rings. The van der Waals surface area contributed by atoms with Gasteiger partial charge in [-0.15, -0.1) is 0 Å². The van der Waals surface area contributed by atoms with E-state index in [1.54, 1.807) is 12.1 Å². The van der Waals surface area contributed by atoms with Crippen molar-refractivity contribution in [2.24, 2.45) is 17.3 Å². The predicted molar refractivity (Wildman–Crippen MR) is 117 cm³/mol. The summed E-state index contributed by atoms with van der Waals surface area (Å²) in [6, 6.07) is 7.32. The highest BCUT2D eigenvalue weighted by Crippen LogP contribution is 2.47. The molecule has 6 heteroatoms. The fourth-order valence-electron chi connectivity index (χ4n) is 5.46. The van der Waals surface area contributed by atoms with Crippen LogP contribution in [0.5, 0.6) is 0 Å². The Morgan fingerprint density at radius 1 is 1.10 bits per heavy atom. The zero-order valence-corrected chi connectivity index (χ0v) is 18.8. The maximum absolute atomic E-state index is 13.2. The molecule has 3 atom stereocenters. The molecule has 2 N–H and O–H groups in total. The van der Waals surface area contributed by atoms with Crippen LogP contribution in [0.2, 0.25) is 5.02 Å². The number of halogens is 1. The lowest BCUT2D eigenvalue weighted by Gasteiger charge is -2.52. The van der Waals surface area contributed by atoms with Gasteiger partial charge in [-0.25, -0.2) is 0 Å². The Morgan fingerprint density at radius 2 is 1.77 bits per heavy atom. The van der Waals surface area contributed by atoms with E-state index in [9.17, 15) is 14.7 Å². The largest absolute Gasteiger partial charge is 0.384 e. The fourth-order valence-corrected chi connectivity index (χ4v) is 5.59. The smallest absolute Gasteiger partial charge is 0.227 e. The van der Waals surface area contributed by atoms with Gasteiger partial charge in [-0.3, -0.25) is 9.59 Å². The van der Waals surface area contributed by atoms with Crippen molar-refractivity contribution in [2.45, 2.75) is 70.4 Å². The number of aliphatic hydroxyl groups is 1. The molecule has 2 aliphatic carbocycles. The van der Waals surface area contributed by atoms with Crippen molar-refractivity contribution in [3.05, 3.63) is 34.9 Å². The Hall–Kier alpha value is -1.59. The molecule has 0 radical (unpaired) electrons. The lowest BCUT2D eigenvalue weighted by Crippen LogP contribution is -2.60. The number of hydrogen-bond acceptors (Lipinski definition) is 3. The average molecular weight is 433 g/mol. The maximum atomic E-state index is 13.2. The van der Waals surface area contributed by atoms with Crippen molar-refractivity contribution >= 4 is 23.4 Å². The number of nitrogens with one attached hydrogen (secondary N) is 1. The second kappa shape index (κ2) is 8.16. The molecule has 5 nitrogen and oxygen atoms in total.